The first-order valence-electron chi connectivity index (χ1n) is 7.60. The summed E-state index contributed by atoms with van der Waals surface area (Å²) in [5, 5.41) is 5.77. The van der Waals surface area contributed by atoms with Gasteiger partial charge in [-0.3, -0.25) is 5.32 Å². The number of primary amides is 1. The van der Waals surface area contributed by atoms with Crippen LogP contribution in [0.5, 0.6) is 0 Å². The van der Waals surface area contributed by atoms with Crippen LogP contribution in [0.1, 0.15) is 32.8 Å². The maximum absolute atomic E-state index is 12.5. The van der Waals surface area contributed by atoms with E-state index in [9.17, 15) is 4.79 Å². The number of nitrogens with zero attached hydrogens (tertiary/aromatic N) is 2. The van der Waals surface area contributed by atoms with Gasteiger partial charge >= 0.3 is 5.91 Å². The van der Waals surface area contributed by atoms with Gasteiger partial charge in [0.05, 0.1) is 5.54 Å². The van der Waals surface area contributed by atoms with E-state index >= 15 is 0 Å². The molecule has 0 unspecified atom stereocenters. The molecule has 1 rings (SSSR count). The number of rotatable bonds is 7. The van der Waals surface area contributed by atoms with Gasteiger partial charge in [0.15, 0.2) is 0 Å². The first kappa shape index (κ1) is 21.6. The van der Waals surface area contributed by atoms with Crippen LogP contribution in [0.4, 0.5) is 0 Å². The summed E-state index contributed by atoms with van der Waals surface area (Å²) in [7, 11) is 4.03. The largest absolute Gasteiger partial charge is 1.00 e. The molecule has 2 N–H and O–H groups in total. The van der Waals surface area contributed by atoms with Gasteiger partial charge in [0.25, 0.3) is 0 Å². The molecule has 130 valence electrons. The van der Waals surface area contributed by atoms with Crippen LogP contribution in [0, 0.1) is 0 Å². The van der Waals surface area contributed by atoms with E-state index in [1.807, 2.05) is 65.2 Å². The average molecular weight is 342 g/mol. The minimum atomic E-state index is -0.197. The normalized spacial score (nSPS) is 12.0. The van der Waals surface area contributed by atoms with Gasteiger partial charge in [0.2, 0.25) is 5.71 Å². The Morgan fingerprint density at radius 1 is 1.22 bits per heavy atom. The highest BCUT2D eigenvalue weighted by atomic mass is 35.5. The summed E-state index contributed by atoms with van der Waals surface area (Å²) in [5.74, 6) is -0.105. The molecule has 1 aromatic rings. The molecule has 5 nitrogen and oxygen atoms in total. The van der Waals surface area contributed by atoms with E-state index in [0.29, 0.717) is 12.3 Å². The zero-order valence-electron chi connectivity index (χ0n) is 14.7. The summed E-state index contributed by atoms with van der Waals surface area (Å²) in [6.45, 7) is 7.40. The quantitative estimate of drug-likeness (QED) is 0.363. The zero-order chi connectivity index (χ0) is 16.6. The Hall–Kier alpha value is -1.43. The molecule has 0 atom stereocenters. The van der Waals surface area contributed by atoms with Crippen LogP contribution in [0.3, 0.4) is 0 Å². The van der Waals surface area contributed by atoms with E-state index in [-0.39, 0.29) is 23.9 Å². The number of benzene rings is 1. The zero-order valence-corrected chi connectivity index (χ0v) is 15.4. The molecule has 0 aliphatic carbocycles. The average Bonchev–Trinajstić information content (AvgIpc) is 2.41. The van der Waals surface area contributed by atoms with Crippen molar-refractivity contribution >= 4 is 11.6 Å². The molecule has 6 heteroatoms. The van der Waals surface area contributed by atoms with E-state index in [4.69, 9.17) is 4.84 Å². The molecule has 23 heavy (non-hydrogen) atoms. The fourth-order valence-corrected chi connectivity index (χ4v) is 1.85. The van der Waals surface area contributed by atoms with Crippen LogP contribution < -0.4 is 17.7 Å². The maximum atomic E-state index is 12.5. The second-order valence-corrected chi connectivity index (χ2v) is 6.67. The summed E-state index contributed by atoms with van der Waals surface area (Å²) < 4.78 is 0. The lowest BCUT2D eigenvalue weighted by Gasteiger charge is -2.15. The highest BCUT2D eigenvalue weighted by Crippen LogP contribution is 2.02. The van der Waals surface area contributed by atoms with Crippen LogP contribution >= 0.6 is 0 Å². The van der Waals surface area contributed by atoms with Gasteiger partial charge in [-0.15, -0.1) is 0 Å². The Kier molecular flexibility index (Phi) is 9.72. The van der Waals surface area contributed by atoms with Crippen molar-refractivity contribution in [3.63, 3.8) is 0 Å². The van der Waals surface area contributed by atoms with Gasteiger partial charge in [-0.05, 0) is 41.3 Å². The first-order valence-corrected chi connectivity index (χ1v) is 7.60. The summed E-state index contributed by atoms with van der Waals surface area (Å²) in [6, 6.07) is 9.44. The van der Waals surface area contributed by atoms with Crippen LogP contribution in [0.2, 0.25) is 0 Å². The predicted molar refractivity (Wildman–Crippen MR) is 88.8 cm³/mol. The highest BCUT2D eigenvalue weighted by molar-refractivity contribution is 6.41. The van der Waals surface area contributed by atoms with Crippen molar-refractivity contribution in [3.05, 3.63) is 35.9 Å². The second-order valence-electron chi connectivity index (χ2n) is 6.67. The summed E-state index contributed by atoms with van der Waals surface area (Å²) in [6.07, 6.45) is 0.871. The maximum Gasteiger partial charge on any atom is 0.365 e. The summed E-state index contributed by atoms with van der Waals surface area (Å²) in [5.41, 5.74) is 0.943. The van der Waals surface area contributed by atoms with Crippen molar-refractivity contribution in [3.8, 4) is 0 Å². The van der Waals surface area contributed by atoms with Gasteiger partial charge in [-0.25, -0.2) is 4.79 Å². The van der Waals surface area contributed by atoms with Crippen molar-refractivity contribution in [1.82, 2.24) is 4.90 Å². The van der Waals surface area contributed by atoms with Crippen LogP contribution in [-0.2, 0) is 9.63 Å². The monoisotopic (exact) mass is 341 g/mol. The minimum Gasteiger partial charge on any atom is -1.00 e. The van der Waals surface area contributed by atoms with Crippen LogP contribution in [0.15, 0.2) is 35.5 Å². The number of nitrogens with two attached hydrogens (primary N) is 1. The molecule has 0 aliphatic heterocycles. The smallest absolute Gasteiger partial charge is 0.365 e. The molecule has 0 saturated heterocycles. The number of carbonyl (C=O) groups excluding carboxylic acids is 1. The standard InChI is InChI=1S/C17H27N3O2.ClH/c1-17(2,3)18-16(21)15(14-10-7-6-8-11-14)19-22-13-9-12-20(4)5;/h6-8,10-11H,9,12-13H2,1-5H3,(H,18,21);1H/b19-15+;. The number of carbonyl (C=O) groups is 1. The Balaban J connectivity index is 0.00000484. The second kappa shape index (κ2) is 10.4. The van der Waals surface area contributed by atoms with Gasteiger partial charge < -0.3 is 22.1 Å². The van der Waals surface area contributed by atoms with Crippen molar-refractivity contribution in [2.24, 2.45) is 5.16 Å². The van der Waals surface area contributed by atoms with Gasteiger partial charge in [-0.1, -0.05) is 35.5 Å². The highest BCUT2D eigenvalue weighted by Gasteiger charge is 2.25. The molecular formula is C17H28ClN3O2. The summed E-state index contributed by atoms with van der Waals surface area (Å²) in [4.78, 5) is 19.9. The van der Waals surface area contributed by atoms with Crippen LogP contribution in [-0.4, -0.2) is 49.3 Å². The lowest BCUT2D eigenvalue weighted by Crippen LogP contribution is -3.00. The number of halogens is 1. The van der Waals surface area contributed by atoms with Crippen molar-refractivity contribution in [1.29, 1.82) is 0 Å². The van der Waals surface area contributed by atoms with E-state index in [1.165, 1.54) is 0 Å². The lowest BCUT2D eigenvalue weighted by atomic mass is 10.1. The summed E-state index contributed by atoms with van der Waals surface area (Å²) >= 11 is 0. The van der Waals surface area contributed by atoms with E-state index < -0.39 is 0 Å². The van der Waals surface area contributed by atoms with Gasteiger partial charge in [0, 0.05) is 12.1 Å². The number of amides is 1. The molecular weight excluding hydrogens is 314 g/mol. The molecule has 0 saturated carbocycles. The molecule has 1 amide bonds. The number of hydrogen-bond donors (Lipinski definition) is 1. The van der Waals surface area contributed by atoms with Gasteiger partial charge in [0.1, 0.15) is 6.61 Å². The Morgan fingerprint density at radius 2 is 1.83 bits per heavy atom. The van der Waals surface area contributed by atoms with Crippen molar-refractivity contribution in [2.75, 3.05) is 27.2 Å². The molecule has 0 fully saturated rings. The third-order valence-corrected chi connectivity index (χ3v) is 2.84. The third-order valence-electron chi connectivity index (χ3n) is 2.84. The molecule has 0 bridgehead atoms. The molecule has 0 aromatic heterocycles. The Morgan fingerprint density at radius 3 is 2.35 bits per heavy atom. The molecule has 0 heterocycles. The van der Waals surface area contributed by atoms with E-state index in [0.717, 1.165) is 18.5 Å². The van der Waals surface area contributed by atoms with E-state index in [1.54, 1.807) is 5.32 Å². The predicted octanol–water partition coefficient (Wildman–Crippen LogP) is -1.75. The SMILES string of the molecule is CN(C)CCCO/N=C(/C(=O)[NH2+]C(C)(C)C)c1ccccc1.[Cl-]. The number of quaternary nitrogens is 1. The number of oxime groups is 1. The Labute approximate surface area is 145 Å². The minimum absolute atomic E-state index is 0. The van der Waals surface area contributed by atoms with Crippen molar-refractivity contribution in [2.45, 2.75) is 32.7 Å². The fraction of sp³-hybridized carbons (Fsp3) is 0.529. The molecule has 0 spiro atoms. The van der Waals surface area contributed by atoms with E-state index in [2.05, 4.69) is 10.1 Å². The molecule has 1 aromatic carbocycles. The third kappa shape index (κ3) is 9.33. The topological polar surface area (TPSA) is 58.5 Å². The Bertz CT molecular complexity index is 496. The van der Waals surface area contributed by atoms with Gasteiger partial charge in [-0.2, -0.15) is 0 Å². The number of hydrogen-bond acceptors (Lipinski definition) is 4. The van der Waals surface area contributed by atoms with Crippen LogP contribution in [0.25, 0.3) is 0 Å². The first-order chi connectivity index (χ1) is 10.3. The molecule has 0 radical (unpaired) electrons. The molecule has 0 aliphatic rings. The van der Waals surface area contributed by atoms with Crippen molar-refractivity contribution < 1.29 is 27.4 Å². The lowest BCUT2D eigenvalue weighted by molar-refractivity contribution is -0.630. The fourth-order valence-electron chi connectivity index (χ4n) is 1.85.